The normalized spacial score (nSPS) is 13.6. The zero-order chi connectivity index (χ0) is 22.1. The van der Waals surface area contributed by atoms with E-state index in [1.165, 1.54) is 23.6 Å². The first-order valence-corrected chi connectivity index (χ1v) is 10.6. The Morgan fingerprint density at radius 3 is 2.87 bits per heavy atom. The van der Waals surface area contributed by atoms with Gasteiger partial charge >= 0.3 is 6.01 Å². The van der Waals surface area contributed by atoms with Crippen LogP contribution in [0.5, 0.6) is 6.01 Å². The zero-order valence-corrected chi connectivity index (χ0v) is 18.1. The molecular formula is C21H23N7O2S. The molecule has 160 valence electrons. The van der Waals surface area contributed by atoms with Crippen LogP contribution in [0.3, 0.4) is 0 Å². The Labute approximate surface area is 185 Å². The summed E-state index contributed by atoms with van der Waals surface area (Å²) in [6, 6.07) is 4.12. The van der Waals surface area contributed by atoms with Gasteiger partial charge in [-0.1, -0.05) is 29.8 Å². The fourth-order valence-corrected chi connectivity index (χ4v) is 3.38. The van der Waals surface area contributed by atoms with Gasteiger partial charge in [0.15, 0.2) is 17.5 Å². The summed E-state index contributed by atoms with van der Waals surface area (Å²) in [7, 11) is 2.09. The Hall–Kier alpha value is -3.47. The quantitative estimate of drug-likeness (QED) is 0.491. The number of allylic oxidation sites excluding steroid dienone is 1. The molecule has 0 aromatic carbocycles. The van der Waals surface area contributed by atoms with Crippen LogP contribution in [0.2, 0.25) is 0 Å². The highest BCUT2D eigenvalue weighted by Gasteiger charge is 2.18. The van der Waals surface area contributed by atoms with Crippen molar-refractivity contribution in [1.29, 1.82) is 5.26 Å². The van der Waals surface area contributed by atoms with Gasteiger partial charge in [-0.15, -0.1) is 0 Å². The molecule has 1 aliphatic rings. The predicted octanol–water partition coefficient (Wildman–Crippen LogP) is 2.22. The molecule has 0 spiro atoms. The summed E-state index contributed by atoms with van der Waals surface area (Å²) in [6.07, 6.45) is 3.61. The fourth-order valence-electron chi connectivity index (χ4n) is 2.76. The van der Waals surface area contributed by atoms with E-state index in [9.17, 15) is 4.79 Å². The summed E-state index contributed by atoms with van der Waals surface area (Å²) < 4.78 is 5.65. The summed E-state index contributed by atoms with van der Waals surface area (Å²) in [5.74, 6) is 7.02. The van der Waals surface area contributed by atoms with Gasteiger partial charge in [0.1, 0.15) is 22.6 Å². The molecule has 1 fully saturated rings. The highest BCUT2D eigenvalue weighted by molar-refractivity contribution is 7.16. The molecule has 9 nitrogen and oxygen atoms in total. The lowest BCUT2D eigenvalue weighted by molar-refractivity contribution is -0.114. The Balaban J connectivity index is 1.71. The average Bonchev–Trinajstić information content (AvgIpc) is 3.23. The minimum absolute atomic E-state index is 0.0316. The van der Waals surface area contributed by atoms with E-state index < -0.39 is 0 Å². The van der Waals surface area contributed by atoms with Crippen molar-refractivity contribution in [2.24, 2.45) is 0 Å². The number of likely N-dealkylation sites (N-methyl/N-ethyl adjacent to an activating group) is 1. The van der Waals surface area contributed by atoms with Crippen molar-refractivity contribution >= 4 is 33.9 Å². The van der Waals surface area contributed by atoms with Gasteiger partial charge in [-0.25, -0.2) is 4.98 Å². The average molecular weight is 438 g/mol. The van der Waals surface area contributed by atoms with Crippen LogP contribution in [0.4, 0.5) is 16.8 Å². The minimum Gasteiger partial charge on any atom is -0.450 e. The number of hydrogen-bond donors (Lipinski definition) is 1. The summed E-state index contributed by atoms with van der Waals surface area (Å²) in [4.78, 5) is 29.3. The van der Waals surface area contributed by atoms with Crippen molar-refractivity contribution in [3.63, 3.8) is 0 Å². The molecule has 0 saturated carbocycles. The minimum atomic E-state index is -0.0316. The van der Waals surface area contributed by atoms with Crippen LogP contribution in [0.25, 0.3) is 0 Å². The van der Waals surface area contributed by atoms with E-state index in [0.29, 0.717) is 28.7 Å². The molecule has 0 bridgehead atoms. The van der Waals surface area contributed by atoms with Crippen LogP contribution < -0.4 is 15.0 Å². The van der Waals surface area contributed by atoms with Crippen molar-refractivity contribution in [3.8, 4) is 23.9 Å². The van der Waals surface area contributed by atoms with E-state index >= 15 is 0 Å². The number of hydrogen-bond acceptors (Lipinski definition) is 10. The lowest BCUT2D eigenvalue weighted by Gasteiger charge is -2.33. The van der Waals surface area contributed by atoms with Crippen LogP contribution in [0.15, 0.2) is 24.9 Å². The van der Waals surface area contributed by atoms with Crippen LogP contribution >= 0.6 is 11.3 Å². The van der Waals surface area contributed by atoms with Crippen molar-refractivity contribution in [3.05, 3.63) is 29.8 Å². The number of ketones is 1. The number of carbonyl (C=O) groups is 1. The highest BCUT2D eigenvalue weighted by atomic mass is 32.1. The molecule has 3 rings (SSSR count). The third-order valence-corrected chi connectivity index (χ3v) is 5.31. The summed E-state index contributed by atoms with van der Waals surface area (Å²) in [5, 5.41) is 12.7. The Morgan fingerprint density at radius 1 is 1.35 bits per heavy atom. The number of anilines is 3. The maximum atomic E-state index is 11.2. The lowest BCUT2D eigenvalue weighted by atomic mass is 10.2. The van der Waals surface area contributed by atoms with Gasteiger partial charge < -0.3 is 19.9 Å². The van der Waals surface area contributed by atoms with E-state index in [4.69, 9.17) is 10.00 Å². The molecule has 0 aliphatic carbocycles. The molecule has 1 N–H and O–H groups in total. The molecule has 3 heterocycles. The topological polar surface area (TPSA) is 107 Å². The summed E-state index contributed by atoms with van der Waals surface area (Å²) in [6.45, 7) is 7.13. The third-order valence-electron chi connectivity index (χ3n) is 4.49. The van der Waals surface area contributed by atoms with Gasteiger partial charge in [0.25, 0.3) is 0 Å². The number of nitrogens with one attached hydrogen (secondary N) is 1. The second-order valence-corrected chi connectivity index (χ2v) is 7.79. The Kier molecular flexibility index (Phi) is 7.93. The Morgan fingerprint density at radius 2 is 2.16 bits per heavy atom. The second-order valence-electron chi connectivity index (χ2n) is 6.76. The smallest absolute Gasteiger partial charge is 0.321 e. The van der Waals surface area contributed by atoms with Gasteiger partial charge in [-0.05, 0) is 13.1 Å². The fraction of sp³-hybridized carbons (Fsp3) is 0.381. The molecule has 2 aromatic rings. The molecule has 1 saturated heterocycles. The molecule has 0 radical (unpaired) electrons. The lowest BCUT2D eigenvalue weighted by Crippen LogP contribution is -2.44. The van der Waals surface area contributed by atoms with Crippen molar-refractivity contribution in [2.45, 2.75) is 12.8 Å². The standard InChI is InChI=1S/C21H23N7O2S/c1-3-16(29)7-5-4-6-12-30-20-24-18(25-21-23-15-17(14-22)31-21)13-19(26-20)28-10-8-27(2)9-11-28/h3,13,15H,1,5,7-12H2,2H3,(H,23,24,25,26). The molecule has 0 atom stereocenters. The largest absolute Gasteiger partial charge is 0.450 e. The van der Waals surface area contributed by atoms with Crippen molar-refractivity contribution in [2.75, 3.05) is 50.1 Å². The van der Waals surface area contributed by atoms with E-state index in [-0.39, 0.29) is 18.4 Å². The number of nitriles is 1. The molecule has 31 heavy (non-hydrogen) atoms. The summed E-state index contributed by atoms with van der Waals surface area (Å²) in [5.41, 5.74) is 0. The third kappa shape index (κ3) is 6.78. The van der Waals surface area contributed by atoms with Crippen LogP contribution in [-0.2, 0) is 4.79 Å². The SMILES string of the molecule is C=CC(=O)CCC#CCOc1nc(Nc2ncc(C#N)s2)cc(N2CCN(C)CC2)n1. The number of carbonyl (C=O) groups excluding carboxylic acids is 1. The van der Waals surface area contributed by atoms with E-state index in [0.717, 1.165) is 32.0 Å². The molecule has 10 heteroatoms. The van der Waals surface area contributed by atoms with Gasteiger partial charge in [-0.2, -0.15) is 15.2 Å². The number of piperazine rings is 1. The van der Waals surface area contributed by atoms with Crippen molar-refractivity contribution in [1.82, 2.24) is 19.9 Å². The molecular weight excluding hydrogens is 414 g/mol. The monoisotopic (exact) mass is 437 g/mol. The van der Waals surface area contributed by atoms with Gasteiger partial charge in [0.2, 0.25) is 0 Å². The van der Waals surface area contributed by atoms with Crippen LogP contribution in [0, 0.1) is 23.2 Å². The first-order valence-electron chi connectivity index (χ1n) is 9.76. The van der Waals surface area contributed by atoms with Crippen LogP contribution in [-0.4, -0.2) is 65.5 Å². The number of nitrogens with zero attached hydrogens (tertiary/aromatic N) is 6. The van der Waals surface area contributed by atoms with Gasteiger partial charge in [0, 0.05) is 45.1 Å². The van der Waals surface area contributed by atoms with Gasteiger partial charge in [-0.3, -0.25) is 4.79 Å². The number of ether oxygens (including phenoxy) is 1. The maximum absolute atomic E-state index is 11.2. The predicted molar refractivity (Wildman–Crippen MR) is 120 cm³/mol. The second kappa shape index (κ2) is 11.1. The highest BCUT2D eigenvalue weighted by Crippen LogP contribution is 2.25. The number of rotatable bonds is 8. The zero-order valence-electron chi connectivity index (χ0n) is 17.3. The number of aromatic nitrogens is 3. The van der Waals surface area contributed by atoms with Crippen LogP contribution in [0.1, 0.15) is 17.7 Å². The Bertz CT molecular complexity index is 1030. The van der Waals surface area contributed by atoms with E-state index in [1.807, 2.05) is 6.07 Å². The number of thiazole rings is 1. The van der Waals surface area contributed by atoms with Crippen molar-refractivity contribution < 1.29 is 9.53 Å². The molecule has 0 amide bonds. The molecule has 0 unspecified atom stereocenters. The van der Waals surface area contributed by atoms with E-state index in [2.05, 4.69) is 61.6 Å². The maximum Gasteiger partial charge on any atom is 0.321 e. The van der Waals surface area contributed by atoms with Gasteiger partial charge in [0.05, 0.1) is 6.20 Å². The molecule has 1 aliphatic heterocycles. The first-order chi connectivity index (χ1) is 15.1. The van der Waals surface area contributed by atoms with E-state index in [1.54, 1.807) is 0 Å². The first kappa shape index (κ1) is 22.2. The summed E-state index contributed by atoms with van der Waals surface area (Å²) >= 11 is 1.24. The molecule has 2 aromatic heterocycles.